The summed E-state index contributed by atoms with van der Waals surface area (Å²) in [5.41, 5.74) is 0. The lowest BCUT2D eigenvalue weighted by molar-refractivity contribution is -0.144. The molecule has 0 radical (unpaired) electrons. The first-order valence-electron chi connectivity index (χ1n) is 6.45. The largest absolute Gasteiger partial charge is 0.497 e. The molecule has 0 saturated carbocycles. The van der Waals surface area contributed by atoms with E-state index in [1.165, 1.54) is 4.90 Å². The predicted molar refractivity (Wildman–Crippen MR) is 72.7 cm³/mol. The zero-order valence-electron chi connectivity index (χ0n) is 11.6. The Kier molecular flexibility index (Phi) is 4.45. The van der Waals surface area contributed by atoms with Crippen molar-refractivity contribution in [3.05, 3.63) is 24.3 Å². The molecule has 0 spiro atoms. The monoisotopic (exact) mass is 278 g/mol. The van der Waals surface area contributed by atoms with E-state index < -0.39 is 6.04 Å². The van der Waals surface area contributed by atoms with Gasteiger partial charge in [-0.1, -0.05) is 0 Å². The van der Waals surface area contributed by atoms with Crippen LogP contribution in [0.15, 0.2) is 24.3 Å². The van der Waals surface area contributed by atoms with Crippen molar-refractivity contribution in [1.29, 1.82) is 0 Å². The summed E-state index contributed by atoms with van der Waals surface area (Å²) in [5.74, 6) is 1.24. The highest BCUT2D eigenvalue weighted by molar-refractivity contribution is 5.94. The van der Waals surface area contributed by atoms with Crippen molar-refractivity contribution in [2.75, 3.05) is 26.8 Å². The average molecular weight is 278 g/mol. The Morgan fingerprint density at radius 1 is 1.25 bits per heavy atom. The number of piperazine rings is 1. The van der Waals surface area contributed by atoms with Gasteiger partial charge in [0, 0.05) is 0 Å². The van der Waals surface area contributed by atoms with Crippen molar-refractivity contribution in [1.82, 2.24) is 10.2 Å². The molecule has 0 aromatic heterocycles. The summed E-state index contributed by atoms with van der Waals surface area (Å²) >= 11 is 0. The first-order chi connectivity index (χ1) is 9.60. The molecule has 2 amide bonds. The summed E-state index contributed by atoms with van der Waals surface area (Å²) in [6.45, 7) is 2.51. The molecule has 20 heavy (non-hydrogen) atoms. The van der Waals surface area contributed by atoms with Gasteiger partial charge in [-0.3, -0.25) is 9.59 Å². The van der Waals surface area contributed by atoms with Gasteiger partial charge in [0.05, 0.1) is 20.2 Å². The molecule has 0 bridgehead atoms. The topological polar surface area (TPSA) is 67.9 Å². The minimum absolute atomic E-state index is 0.0806. The van der Waals surface area contributed by atoms with Crippen LogP contribution < -0.4 is 14.8 Å². The molecular weight excluding hydrogens is 260 g/mol. The van der Waals surface area contributed by atoms with E-state index in [-0.39, 0.29) is 18.4 Å². The fourth-order valence-corrected chi connectivity index (χ4v) is 2.01. The van der Waals surface area contributed by atoms with Gasteiger partial charge in [0.15, 0.2) is 0 Å². The third-order valence-electron chi connectivity index (χ3n) is 3.08. The summed E-state index contributed by atoms with van der Waals surface area (Å²) in [7, 11) is 1.60. The summed E-state index contributed by atoms with van der Waals surface area (Å²) in [5, 5.41) is 2.59. The first-order valence-corrected chi connectivity index (χ1v) is 6.45. The van der Waals surface area contributed by atoms with Crippen LogP contribution in [0.4, 0.5) is 0 Å². The van der Waals surface area contributed by atoms with E-state index in [0.717, 1.165) is 5.75 Å². The van der Waals surface area contributed by atoms with Crippen LogP contribution in [-0.2, 0) is 9.59 Å². The molecule has 1 aromatic carbocycles. The minimum Gasteiger partial charge on any atom is -0.497 e. The molecular formula is C14H18N2O4. The Labute approximate surface area is 117 Å². The van der Waals surface area contributed by atoms with Crippen molar-refractivity contribution in [3.8, 4) is 11.5 Å². The van der Waals surface area contributed by atoms with Gasteiger partial charge in [0.25, 0.3) is 0 Å². The van der Waals surface area contributed by atoms with Gasteiger partial charge >= 0.3 is 0 Å². The second-order valence-corrected chi connectivity index (χ2v) is 4.57. The average Bonchev–Trinajstić information content (AvgIpc) is 2.44. The summed E-state index contributed by atoms with van der Waals surface area (Å²) in [6.07, 6.45) is 0. The molecule has 1 aromatic rings. The first kappa shape index (κ1) is 14.2. The smallest absolute Gasteiger partial charge is 0.245 e. The Bertz CT molecular complexity index is 486. The standard InChI is InChI=1S/C14H18N2O4/c1-10-14(18)16(9-13(17)15-10)7-8-20-12-5-3-11(19-2)4-6-12/h3-6,10H,7-9H2,1-2H3,(H,15,17). The number of ether oxygens (including phenoxy) is 2. The van der Waals surface area contributed by atoms with Crippen LogP contribution in [0.1, 0.15) is 6.92 Å². The van der Waals surface area contributed by atoms with E-state index in [9.17, 15) is 9.59 Å². The van der Waals surface area contributed by atoms with E-state index in [1.54, 1.807) is 38.3 Å². The van der Waals surface area contributed by atoms with E-state index >= 15 is 0 Å². The van der Waals surface area contributed by atoms with Gasteiger partial charge in [-0.05, 0) is 31.2 Å². The third-order valence-corrected chi connectivity index (χ3v) is 3.08. The number of rotatable bonds is 5. The number of benzene rings is 1. The van der Waals surface area contributed by atoms with Crippen molar-refractivity contribution >= 4 is 11.8 Å². The number of methoxy groups -OCH3 is 1. The van der Waals surface area contributed by atoms with Crippen LogP contribution in [0.5, 0.6) is 11.5 Å². The van der Waals surface area contributed by atoms with Gasteiger partial charge in [-0.2, -0.15) is 0 Å². The second-order valence-electron chi connectivity index (χ2n) is 4.57. The molecule has 2 rings (SSSR count). The second kappa shape index (κ2) is 6.27. The maximum absolute atomic E-state index is 11.8. The molecule has 1 fully saturated rings. The molecule has 1 unspecified atom stereocenters. The van der Waals surface area contributed by atoms with Gasteiger partial charge in [-0.25, -0.2) is 0 Å². The number of carbonyl (C=O) groups is 2. The van der Waals surface area contributed by atoms with Crippen LogP contribution >= 0.6 is 0 Å². The number of hydrogen-bond acceptors (Lipinski definition) is 4. The van der Waals surface area contributed by atoms with E-state index in [2.05, 4.69) is 5.32 Å². The normalized spacial score (nSPS) is 18.7. The molecule has 1 saturated heterocycles. The predicted octanol–water partition coefficient (Wildman–Crippen LogP) is 0.421. The zero-order chi connectivity index (χ0) is 14.5. The SMILES string of the molecule is COc1ccc(OCCN2CC(=O)NC(C)C2=O)cc1. The lowest BCUT2D eigenvalue weighted by Crippen LogP contribution is -2.57. The maximum atomic E-state index is 11.8. The summed E-state index contributed by atoms with van der Waals surface area (Å²) in [6, 6.07) is 6.74. The van der Waals surface area contributed by atoms with Crippen LogP contribution in [0.2, 0.25) is 0 Å². The zero-order valence-corrected chi connectivity index (χ0v) is 11.6. The highest BCUT2D eigenvalue weighted by atomic mass is 16.5. The fourth-order valence-electron chi connectivity index (χ4n) is 2.01. The number of nitrogens with zero attached hydrogens (tertiary/aromatic N) is 1. The molecule has 1 aliphatic heterocycles. The van der Waals surface area contributed by atoms with Crippen LogP contribution in [0, 0.1) is 0 Å². The lowest BCUT2D eigenvalue weighted by atomic mass is 10.2. The van der Waals surface area contributed by atoms with Crippen molar-refractivity contribution in [2.45, 2.75) is 13.0 Å². The Balaban J connectivity index is 1.82. The van der Waals surface area contributed by atoms with Crippen molar-refractivity contribution in [3.63, 3.8) is 0 Å². The Morgan fingerprint density at radius 3 is 2.55 bits per heavy atom. The molecule has 1 heterocycles. The van der Waals surface area contributed by atoms with E-state index in [4.69, 9.17) is 9.47 Å². The van der Waals surface area contributed by atoms with Crippen LogP contribution in [-0.4, -0.2) is 49.6 Å². The molecule has 1 atom stereocenters. The highest BCUT2D eigenvalue weighted by Gasteiger charge is 2.28. The minimum atomic E-state index is -0.461. The fraction of sp³-hybridized carbons (Fsp3) is 0.429. The lowest BCUT2D eigenvalue weighted by Gasteiger charge is -2.30. The van der Waals surface area contributed by atoms with Gasteiger partial charge < -0.3 is 19.7 Å². The summed E-state index contributed by atoms with van der Waals surface area (Å²) in [4.78, 5) is 24.7. The van der Waals surface area contributed by atoms with E-state index in [1.807, 2.05) is 0 Å². The van der Waals surface area contributed by atoms with Crippen LogP contribution in [0.25, 0.3) is 0 Å². The number of amides is 2. The number of nitrogens with one attached hydrogen (secondary N) is 1. The van der Waals surface area contributed by atoms with Gasteiger partial charge in [0.1, 0.15) is 24.1 Å². The van der Waals surface area contributed by atoms with Crippen molar-refractivity contribution in [2.24, 2.45) is 0 Å². The van der Waals surface area contributed by atoms with Gasteiger partial charge in [-0.15, -0.1) is 0 Å². The van der Waals surface area contributed by atoms with Gasteiger partial charge in [0.2, 0.25) is 11.8 Å². The molecule has 1 aliphatic rings. The van der Waals surface area contributed by atoms with Crippen molar-refractivity contribution < 1.29 is 19.1 Å². The molecule has 6 heteroatoms. The Hall–Kier alpha value is -2.24. The summed E-state index contributed by atoms with van der Waals surface area (Å²) < 4.78 is 10.6. The maximum Gasteiger partial charge on any atom is 0.245 e. The third kappa shape index (κ3) is 3.40. The van der Waals surface area contributed by atoms with E-state index in [0.29, 0.717) is 18.9 Å². The molecule has 108 valence electrons. The molecule has 0 aliphatic carbocycles. The van der Waals surface area contributed by atoms with Crippen LogP contribution in [0.3, 0.4) is 0 Å². The Morgan fingerprint density at radius 2 is 1.90 bits per heavy atom. The molecule has 6 nitrogen and oxygen atoms in total. The highest BCUT2D eigenvalue weighted by Crippen LogP contribution is 2.16. The quantitative estimate of drug-likeness (QED) is 0.847. The number of carbonyl (C=O) groups excluding carboxylic acids is 2. The number of hydrogen-bond donors (Lipinski definition) is 1. The molecule has 1 N–H and O–H groups in total.